The van der Waals surface area contributed by atoms with E-state index in [0.717, 1.165) is 24.3 Å². The number of aliphatic hydroxyl groups is 1. The highest BCUT2D eigenvalue weighted by atomic mass is 32.3. The molecule has 3 atom stereocenters. The molecule has 0 bridgehead atoms. The summed E-state index contributed by atoms with van der Waals surface area (Å²) in [7, 11) is -2.66. The lowest BCUT2D eigenvalue weighted by molar-refractivity contribution is 0.0785. The molecule has 3 aromatic rings. The SMILES string of the molecule is C[C@H]1CN(c2ccncc2NC(=O)c2ccc(F)c(-c3c(F)cc(C4CCS(O)(O)CC4)cc3F)n2)C[C@@H](N)[C@@H]1O. The minimum atomic E-state index is -2.66. The number of aromatic nitrogens is 2. The van der Waals surface area contributed by atoms with Crippen LogP contribution in [0.15, 0.2) is 42.7 Å². The van der Waals surface area contributed by atoms with Crippen LogP contribution in [0.3, 0.4) is 0 Å². The maximum atomic E-state index is 15.2. The largest absolute Gasteiger partial charge is 0.391 e. The first kappa shape index (κ1) is 29.3. The highest BCUT2D eigenvalue weighted by Crippen LogP contribution is 2.48. The van der Waals surface area contributed by atoms with Gasteiger partial charge in [-0.2, -0.15) is 10.6 Å². The zero-order valence-electron chi connectivity index (χ0n) is 22.3. The Hall–Kier alpha value is -3.23. The Labute approximate surface area is 237 Å². The molecule has 9 nitrogen and oxygen atoms in total. The number of nitrogens with zero attached hydrogens (tertiary/aromatic N) is 3. The fourth-order valence-corrected chi connectivity index (χ4v) is 7.03. The average Bonchev–Trinajstić information content (AvgIpc) is 2.92. The molecule has 1 amide bonds. The number of nitrogens with one attached hydrogen (secondary N) is 1. The van der Waals surface area contributed by atoms with Gasteiger partial charge in [0.1, 0.15) is 28.8 Å². The number of anilines is 2. The number of nitrogens with two attached hydrogens (primary N) is 1. The third-order valence-corrected chi connectivity index (χ3v) is 9.56. The van der Waals surface area contributed by atoms with Gasteiger partial charge in [0.2, 0.25) is 0 Å². The van der Waals surface area contributed by atoms with Crippen molar-refractivity contribution >= 4 is 27.9 Å². The highest BCUT2D eigenvalue weighted by molar-refractivity contribution is 8.24. The molecule has 1 aromatic carbocycles. The van der Waals surface area contributed by atoms with Gasteiger partial charge < -0.3 is 21.1 Å². The Balaban J connectivity index is 1.39. The summed E-state index contributed by atoms with van der Waals surface area (Å²) in [6, 6.07) is 5.45. The summed E-state index contributed by atoms with van der Waals surface area (Å²) in [5.41, 5.74) is 5.76. The highest BCUT2D eigenvalue weighted by Gasteiger charge is 2.32. The van der Waals surface area contributed by atoms with Crippen molar-refractivity contribution in [2.45, 2.75) is 37.8 Å². The summed E-state index contributed by atoms with van der Waals surface area (Å²) in [5, 5.41) is 12.9. The lowest BCUT2D eigenvalue weighted by Gasteiger charge is -2.40. The van der Waals surface area contributed by atoms with Gasteiger partial charge in [0.15, 0.2) is 0 Å². The monoisotopic (exact) mass is 591 g/mol. The second-order valence-electron chi connectivity index (χ2n) is 10.8. The predicted molar refractivity (Wildman–Crippen MR) is 152 cm³/mol. The number of aliphatic hydroxyl groups excluding tert-OH is 1. The molecule has 0 radical (unpaired) electrons. The number of hydrogen-bond acceptors (Lipinski definition) is 8. The number of halogens is 3. The van der Waals surface area contributed by atoms with E-state index in [1.54, 1.807) is 12.3 Å². The molecule has 0 aliphatic carbocycles. The Kier molecular flexibility index (Phi) is 8.26. The van der Waals surface area contributed by atoms with E-state index >= 15 is 8.78 Å². The molecule has 2 saturated heterocycles. The van der Waals surface area contributed by atoms with Gasteiger partial charge in [-0.25, -0.2) is 18.2 Å². The Morgan fingerprint density at radius 1 is 1.07 bits per heavy atom. The molecular weight excluding hydrogens is 559 g/mol. The number of carbonyl (C=O) groups excluding carboxylic acids is 1. The standard InChI is InChI=1S/C28H32F3N5O4S/c1-15-13-36(14-21(32)27(15)37)24-4-7-33-12-23(24)35-28(38)22-3-2-18(29)26(34-22)25-19(30)10-17(11-20(25)31)16-5-8-41(39,40)9-6-16/h2-4,7,10-12,15-16,21,27,37,39-40H,5-6,8-9,13-14,32H2,1H3,(H,35,38)/t15-,21+,27+/m0/s1. The zero-order valence-corrected chi connectivity index (χ0v) is 23.1. The van der Waals surface area contributed by atoms with Gasteiger partial charge in [-0.05, 0) is 54.7 Å². The van der Waals surface area contributed by atoms with E-state index in [-0.39, 0.29) is 29.0 Å². The van der Waals surface area contributed by atoms with Crippen LogP contribution in [-0.4, -0.2) is 66.8 Å². The third-order valence-electron chi connectivity index (χ3n) is 7.79. The van der Waals surface area contributed by atoms with Crippen molar-refractivity contribution in [1.29, 1.82) is 0 Å². The minimum absolute atomic E-state index is 0.120. The van der Waals surface area contributed by atoms with E-state index in [9.17, 15) is 23.4 Å². The summed E-state index contributed by atoms with van der Waals surface area (Å²) < 4.78 is 65.0. The van der Waals surface area contributed by atoms with Gasteiger partial charge in [0, 0.05) is 42.8 Å². The molecular formula is C28H32F3N5O4S. The third kappa shape index (κ3) is 6.19. The topological polar surface area (TPSA) is 145 Å². The van der Waals surface area contributed by atoms with Crippen molar-refractivity contribution in [1.82, 2.24) is 9.97 Å². The Morgan fingerprint density at radius 2 is 1.76 bits per heavy atom. The van der Waals surface area contributed by atoms with Crippen LogP contribution in [0.25, 0.3) is 11.3 Å². The van der Waals surface area contributed by atoms with E-state index in [4.69, 9.17) is 5.73 Å². The second kappa shape index (κ2) is 11.6. The summed E-state index contributed by atoms with van der Waals surface area (Å²) in [5.74, 6) is -3.89. The maximum absolute atomic E-state index is 15.2. The van der Waals surface area contributed by atoms with Gasteiger partial charge in [-0.15, -0.1) is 0 Å². The molecule has 0 saturated carbocycles. The van der Waals surface area contributed by atoms with Gasteiger partial charge in [-0.1, -0.05) is 6.92 Å². The minimum Gasteiger partial charge on any atom is -0.391 e. The zero-order chi connectivity index (χ0) is 29.5. The molecule has 13 heteroatoms. The van der Waals surface area contributed by atoms with Crippen LogP contribution >= 0.6 is 10.6 Å². The lowest BCUT2D eigenvalue weighted by Crippen LogP contribution is -2.55. The maximum Gasteiger partial charge on any atom is 0.274 e. The van der Waals surface area contributed by atoms with Crippen LogP contribution in [0.4, 0.5) is 24.5 Å². The van der Waals surface area contributed by atoms with Crippen LogP contribution in [0.2, 0.25) is 0 Å². The van der Waals surface area contributed by atoms with Crippen LogP contribution in [0.5, 0.6) is 0 Å². The molecule has 220 valence electrons. The van der Waals surface area contributed by atoms with Gasteiger partial charge in [-0.3, -0.25) is 18.9 Å². The van der Waals surface area contributed by atoms with Crippen LogP contribution in [0.1, 0.15) is 41.7 Å². The van der Waals surface area contributed by atoms with Crippen molar-refractivity contribution < 1.29 is 32.2 Å². The van der Waals surface area contributed by atoms with Crippen molar-refractivity contribution in [3.63, 3.8) is 0 Å². The van der Waals surface area contributed by atoms with E-state index in [0.29, 0.717) is 42.9 Å². The molecule has 0 spiro atoms. The number of amides is 1. The van der Waals surface area contributed by atoms with Crippen LogP contribution in [-0.2, 0) is 0 Å². The quantitative estimate of drug-likeness (QED) is 0.290. The van der Waals surface area contributed by atoms with E-state index in [1.807, 2.05) is 11.8 Å². The van der Waals surface area contributed by atoms with Gasteiger partial charge in [0.25, 0.3) is 5.91 Å². The molecule has 5 rings (SSSR count). The first-order valence-corrected chi connectivity index (χ1v) is 15.2. The second-order valence-corrected chi connectivity index (χ2v) is 13.2. The smallest absolute Gasteiger partial charge is 0.274 e. The van der Waals surface area contributed by atoms with E-state index in [2.05, 4.69) is 15.3 Å². The normalized spacial score (nSPS) is 23.7. The van der Waals surface area contributed by atoms with Crippen LogP contribution < -0.4 is 16.0 Å². The van der Waals surface area contributed by atoms with E-state index < -0.39 is 57.4 Å². The Bertz CT molecular complexity index is 1420. The summed E-state index contributed by atoms with van der Waals surface area (Å²) in [4.78, 5) is 23.1. The number of rotatable bonds is 5. The molecule has 4 heterocycles. The molecule has 2 aromatic heterocycles. The molecule has 6 N–H and O–H groups in total. The first-order valence-electron chi connectivity index (χ1n) is 13.3. The predicted octanol–water partition coefficient (Wildman–Crippen LogP) is 4.59. The summed E-state index contributed by atoms with van der Waals surface area (Å²) >= 11 is 0. The number of benzene rings is 1. The molecule has 2 aliphatic heterocycles. The van der Waals surface area contributed by atoms with Crippen molar-refractivity contribution in [2.24, 2.45) is 11.7 Å². The molecule has 41 heavy (non-hydrogen) atoms. The van der Waals surface area contributed by atoms with Gasteiger partial charge in [0.05, 0.1) is 29.2 Å². The lowest BCUT2D eigenvalue weighted by atomic mass is 9.92. The molecule has 2 fully saturated rings. The van der Waals surface area contributed by atoms with Crippen molar-refractivity contribution in [2.75, 3.05) is 34.8 Å². The Morgan fingerprint density at radius 3 is 2.41 bits per heavy atom. The first-order chi connectivity index (χ1) is 19.4. The summed E-state index contributed by atoms with van der Waals surface area (Å²) in [6.07, 6.45) is 3.05. The number of piperidine rings is 1. The molecule has 2 aliphatic rings. The number of pyridine rings is 2. The van der Waals surface area contributed by atoms with Crippen molar-refractivity contribution in [3.05, 3.63) is 71.4 Å². The number of carbonyl (C=O) groups is 1. The fourth-order valence-electron chi connectivity index (χ4n) is 5.50. The van der Waals surface area contributed by atoms with Crippen molar-refractivity contribution in [3.8, 4) is 11.3 Å². The number of hydrogen-bond donors (Lipinski definition) is 5. The fraction of sp³-hybridized carbons (Fsp3) is 0.393. The molecule has 0 unspecified atom stereocenters. The van der Waals surface area contributed by atoms with E-state index in [1.165, 1.54) is 6.20 Å². The average molecular weight is 592 g/mol. The van der Waals surface area contributed by atoms with Gasteiger partial charge >= 0.3 is 0 Å². The summed E-state index contributed by atoms with van der Waals surface area (Å²) in [6.45, 7) is 2.70. The van der Waals surface area contributed by atoms with Crippen LogP contribution in [0, 0.1) is 23.4 Å².